The number of carbonyl (C=O) groups excluding carboxylic acids is 1. The molecular weight excluding hydrogens is 364 g/mol. The van der Waals surface area contributed by atoms with Gasteiger partial charge < -0.3 is 10.5 Å². The Labute approximate surface area is 167 Å². The van der Waals surface area contributed by atoms with Gasteiger partial charge in [-0.3, -0.25) is 14.4 Å². The molecule has 2 heterocycles. The summed E-state index contributed by atoms with van der Waals surface area (Å²) in [6.45, 7) is 7.32. The van der Waals surface area contributed by atoms with Gasteiger partial charge in [0.2, 0.25) is 0 Å². The van der Waals surface area contributed by atoms with Crippen molar-refractivity contribution < 1.29 is 9.53 Å². The van der Waals surface area contributed by atoms with Crippen LogP contribution in [-0.2, 0) is 22.6 Å². The zero-order valence-corrected chi connectivity index (χ0v) is 17.0. The second-order valence-corrected chi connectivity index (χ2v) is 7.07. The number of hydrogen-bond donors (Lipinski definition) is 1. The van der Waals surface area contributed by atoms with Gasteiger partial charge in [-0.25, -0.2) is 0 Å². The molecule has 1 aliphatic heterocycles. The first-order valence-corrected chi connectivity index (χ1v) is 9.12. The van der Waals surface area contributed by atoms with Crippen LogP contribution in [0.1, 0.15) is 34.9 Å². The second-order valence-electron chi connectivity index (χ2n) is 7.07. The van der Waals surface area contributed by atoms with E-state index in [0.717, 1.165) is 31.0 Å². The van der Waals surface area contributed by atoms with Crippen LogP contribution in [0.4, 0.5) is 0 Å². The fraction of sp³-hybridized carbons (Fsp3) is 0.500. The summed E-state index contributed by atoms with van der Waals surface area (Å²) in [4.78, 5) is 13.8. The Morgan fingerprint density at radius 1 is 1.26 bits per heavy atom. The summed E-state index contributed by atoms with van der Waals surface area (Å²) in [6.07, 6.45) is 0.336. The highest BCUT2D eigenvalue weighted by Gasteiger charge is 2.31. The van der Waals surface area contributed by atoms with E-state index in [9.17, 15) is 4.79 Å². The average molecular weight is 393 g/mol. The van der Waals surface area contributed by atoms with E-state index >= 15 is 0 Å². The third-order valence-electron chi connectivity index (χ3n) is 5.34. The van der Waals surface area contributed by atoms with Crippen LogP contribution in [0, 0.1) is 13.8 Å². The molecule has 0 unspecified atom stereocenters. The fourth-order valence-corrected chi connectivity index (χ4v) is 3.80. The van der Waals surface area contributed by atoms with Crippen molar-refractivity contribution in [3.8, 4) is 0 Å². The molecule has 0 spiro atoms. The molecule has 0 saturated carbocycles. The van der Waals surface area contributed by atoms with E-state index in [1.807, 2.05) is 17.7 Å². The van der Waals surface area contributed by atoms with E-state index in [1.165, 1.54) is 18.2 Å². The highest BCUT2D eigenvalue weighted by Crippen LogP contribution is 2.28. The molecule has 6 nitrogen and oxygen atoms in total. The summed E-state index contributed by atoms with van der Waals surface area (Å²) < 4.78 is 6.63. The number of rotatable bonds is 6. The van der Waals surface area contributed by atoms with Crippen LogP contribution >= 0.6 is 12.4 Å². The van der Waals surface area contributed by atoms with Crippen molar-refractivity contribution in [1.82, 2.24) is 14.7 Å². The summed E-state index contributed by atoms with van der Waals surface area (Å²) in [5, 5.41) is 4.61. The third kappa shape index (κ3) is 4.89. The number of carbonyl (C=O) groups is 1. The minimum Gasteiger partial charge on any atom is -0.469 e. The molecule has 1 fully saturated rings. The van der Waals surface area contributed by atoms with Gasteiger partial charge in [0, 0.05) is 42.9 Å². The van der Waals surface area contributed by atoms with E-state index in [0.29, 0.717) is 18.9 Å². The van der Waals surface area contributed by atoms with E-state index in [1.54, 1.807) is 0 Å². The van der Waals surface area contributed by atoms with Crippen LogP contribution in [0.25, 0.3) is 0 Å². The van der Waals surface area contributed by atoms with Gasteiger partial charge in [-0.1, -0.05) is 30.3 Å². The van der Waals surface area contributed by atoms with Crippen molar-refractivity contribution in [3.63, 3.8) is 0 Å². The number of nitrogens with two attached hydrogens (primary N) is 1. The minimum atomic E-state index is -0.213. The number of likely N-dealkylation sites (tertiary alicyclic amines) is 1. The Hall–Kier alpha value is -1.89. The van der Waals surface area contributed by atoms with Crippen molar-refractivity contribution >= 4 is 18.4 Å². The molecule has 7 heteroatoms. The fourth-order valence-electron chi connectivity index (χ4n) is 3.80. The van der Waals surface area contributed by atoms with Crippen LogP contribution in [0.3, 0.4) is 0 Å². The molecule has 148 valence electrons. The molecule has 2 N–H and O–H groups in total. The van der Waals surface area contributed by atoms with E-state index in [2.05, 4.69) is 41.2 Å². The lowest BCUT2D eigenvalue weighted by molar-refractivity contribution is -0.140. The van der Waals surface area contributed by atoms with E-state index in [4.69, 9.17) is 10.5 Å². The highest BCUT2D eigenvalue weighted by molar-refractivity contribution is 5.85. The number of nitrogens with zero attached hydrogens (tertiary/aromatic N) is 3. The van der Waals surface area contributed by atoms with Crippen molar-refractivity contribution in [1.29, 1.82) is 0 Å². The number of esters is 1. The maximum Gasteiger partial charge on any atom is 0.307 e. The molecule has 1 saturated heterocycles. The lowest BCUT2D eigenvalue weighted by atomic mass is 9.95. The summed E-state index contributed by atoms with van der Waals surface area (Å²) in [6, 6.07) is 10.7. The zero-order valence-electron chi connectivity index (χ0n) is 16.2. The molecule has 2 aromatic rings. The SMILES string of the molecule is COC(=O)CCn1nc(C)c(CN2C[C@@H](N)[C@H](c3ccccc3)C2)c1C.Cl. The summed E-state index contributed by atoms with van der Waals surface area (Å²) in [5.74, 6) is 0.154. The molecule has 1 aliphatic rings. The van der Waals surface area contributed by atoms with Crippen molar-refractivity contribution in [2.45, 2.75) is 45.3 Å². The van der Waals surface area contributed by atoms with Gasteiger partial charge in [-0.05, 0) is 19.4 Å². The monoisotopic (exact) mass is 392 g/mol. The van der Waals surface area contributed by atoms with Gasteiger partial charge in [0.1, 0.15) is 0 Å². The molecule has 0 amide bonds. The zero-order chi connectivity index (χ0) is 18.7. The number of hydrogen-bond acceptors (Lipinski definition) is 5. The average Bonchev–Trinajstić information content (AvgIpc) is 3.14. The Morgan fingerprint density at radius 3 is 2.63 bits per heavy atom. The van der Waals surface area contributed by atoms with Crippen LogP contribution in [0.15, 0.2) is 30.3 Å². The quantitative estimate of drug-likeness (QED) is 0.764. The number of aromatic nitrogens is 2. The normalized spacial score (nSPS) is 19.7. The number of benzene rings is 1. The lowest BCUT2D eigenvalue weighted by Gasteiger charge is -2.16. The van der Waals surface area contributed by atoms with E-state index in [-0.39, 0.29) is 24.4 Å². The summed E-state index contributed by atoms with van der Waals surface area (Å²) in [7, 11) is 1.41. The van der Waals surface area contributed by atoms with Crippen molar-refractivity contribution in [2.24, 2.45) is 5.73 Å². The minimum absolute atomic E-state index is 0. The standard InChI is InChI=1S/C20H28N4O2.ClH/c1-14-17(15(2)24(22-14)10-9-20(25)26-3)11-23-12-18(19(21)13-23)16-7-5-4-6-8-16;/h4-8,18-19H,9-13,21H2,1-3H3;1H/t18-,19+;/m0./s1. The van der Waals surface area contributed by atoms with Crippen LogP contribution in [0.2, 0.25) is 0 Å². The number of halogens is 1. The summed E-state index contributed by atoms with van der Waals surface area (Å²) >= 11 is 0. The van der Waals surface area contributed by atoms with Crippen molar-refractivity contribution in [2.75, 3.05) is 20.2 Å². The first kappa shape index (κ1) is 21.4. The largest absolute Gasteiger partial charge is 0.469 e. The maximum atomic E-state index is 11.4. The van der Waals surface area contributed by atoms with Gasteiger partial charge in [-0.2, -0.15) is 5.10 Å². The molecule has 1 aromatic carbocycles. The first-order chi connectivity index (χ1) is 12.5. The highest BCUT2D eigenvalue weighted by atomic mass is 35.5. The lowest BCUT2D eigenvalue weighted by Crippen LogP contribution is -2.28. The molecule has 2 atom stereocenters. The number of methoxy groups -OCH3 is 1. The molecule has 3 rings (SSSR count). The molecule has 0 bridgehead atoms. The smallest absolute Gasteiger partial charge is 0.307 e. The molecule has 1 aromatic heterocycles. The molecule has 27 heavy (non-hydrogen) atoms. The van der Waals surface area contributed by atoms with Gasteiger partial charge in [0.05, 0.1) is 25.8 Å². The Bertz CT molecular complexity index is 763. The van der Waals surface area contributed by atoms with Gasteiger partial charge in [0.25, 0.3) is 0 Å². The first-order valence-electron chi connectivity index (χ1n) is 9.12. The Morgan fingerprint density at radius 2 is 1.96 bits per heavy atom. The van der Waals surface area contributed by atoms with Gasteiger partial charge in [0.15, 0.2) is 0 Å². The van der Waals surface area contributed by atoms with E-state index < -0.39 is 0 Å². The number of aryl methyl sites for hydroxylation is 2. The molecule has 0 aliphatic carbocycles. The van der Waals surface area contributed by atoms with Crippen LogP contribution in [-0.4, -0.2) is 46.9 Å². The predicted octanol–water partition coefficient (Wildman–Crippen LogP) is 2.41. The molecular formula is C20H29ClN4O2. The maximum absolute atomic E-state index is 11.4. The summed E-state index contributed by atoms with van der Waals surface area (Å²) in [5.41, 5.74) is 11.1. The Kier molecular flexibility index (Phi) is 7.41. The predicted molar refractivity (Wildman–Crippen MR) is 108 cm³/mol. The number of ether oxygens (including phenoxy) is 1. The Balaban J connectivity index is 0.00000261. The van der Waals surface area contributed by atoms with Gasteiger partial charge in [-0.15, -0.1) is 12.4 Å². The van der Waals surface area contributed by atoms with Gasteiger partial charge >= 0.3 is 5.97 Å². The van der Waals surface area contributed by atoms with Crippen LogP contribution < -0.4 is 5.73 Å². The second kappa shape index (κ2) is 9.35. The third-order valence-corrected chi connectivity index (χ3v) is 5.34. The molecule has 0 radical (unpaired) electrons. The topological polar surface area (TPSA) is 73.4 Å². The van der Waals surface area contributed by atoms with Crippen molar-refractivity contribution in [3.05, 3.63) is 52.8 Å². The van der Waals surface area contributed by atoms with Crippen LogP contribution in [0.5, 0.6) is 0 Å².